The Morgan fingerprint density at radius 2 is 1.64 bits per heavy atom. The minimum atomic E-state index is -1.25. The molecule has 0 aliphatic carbocycles. The first-order chi connectivity index (χ1) is 13.4. The summed E-state index contributed by atoms with van der Waals surface area (Å²) in [4.78, 5) is 36.7. The Bertz CT molecular complexity index is 801. The third-order valence-electron chi connectivity index (χ3n) is 4.27. The fourth-order valence-electron chi connectivity index (χ4n) is 2.70. The number of esters is 1. The van der Waals surface area contributed by atoms with Gasteiger partial charge < -0.3 is 15.2 Å². The molecular weight excluding hydrogens is 358 g/mol. The summed E-state index contributed by atoms with van der Waals surface area (Å²) >= 11 is 0. The van der Waals surface area contributed by atoms with Crippen LogP contribution in [0.4, 0.5) is 0 Å². The zero-order chi connectivity index (χ0) is 20.5. The van der Waals surface area contributed by atoms with Gasteiger partial charge in [-0.2, -0.15) is 0 Å². The molecule has 0 saturated carbocycles. The topological polar surface area (TPSA) is 92.7 Å². The van der Waals surface area contributed by atoms with Crippen LogP contribution in [0.2, 0.25) is 0 Å². The molecule has 2 unspecified atom stereocenters. The normalized spacial score (nSPS) is 12.7. The van der Waals surface area contributed by atoms with Crippen molar-refractivity contribution in [1.29, 1.82) is 0 Å². The van der Waals surface area contributed by atoms with E-state index in [1.165, 1.54) is 0 Å². The third kappa shape index (κ3) is 6.03. The van der Waals surface area contributed by atoms with Gasteiger partial charge in [-0.1, -0.05) is 60.2 Å². The highest BCUT2D eigenvalue weighted by Crippen LogP contribution is 2.18. The molecule has 2 atom stereocenters. The molecule has 2 N–H and O–H groups in total. The predicted octanol–water partition coefficient (Wildman–Crippen LogP) is 2.74. The Kier molecular flexibility index (Phi) is 7.89. The molecule has 6 heteroatoms. The highest BCUT2D eigenvalue weighted by molar-refractivity contribution is 5.98. The van der Waals surface area contributed by atoms with Crippen molar-refractivity contribution in [1.82, 2.24) is 5.32 Å². The zero-order valence-electron chi connectivity index (χ0n) is 16.1. The number of ketones is 1. The Balaban J connectivity index is 2.00. The maximum absolute atomic E-state index is 12.3. The second-order valence-corrected chi connectivity index (χ2v) is 6.44. The summed E-state index contributed by atoms with van der Waals surface area (Å²) in [6, 6.07) is 14.4. The van der Waals surface area contributed by atoms with Gasteiger partial charge >= 0.3 is 5.97 Å². The monoisotopic (exact) mass is 383 g/mol. The number of Topliss-reactive ketones (excluding diaryl/α,β-unsaturated/α-hetero) is 1. The van der Waals surface area contributed by atoms with Crippen molar-refractivity contribution >= 4 is 17.7 Å². The molecular formula is C22H25NO5. The molecule has 148 valence electrons. The number of hydrogen-bond donors (Lipinski definition) is 2. The first-order valence-corrected chi connectivity index (χ1v) is 9.21. The molecule has 0 aromatic heterocycles. The number of benzene rings is 2. The minimum absolute atomic E-state index is 0.00583. The van der Waals surface area contributed by atoms with Crippen LogP contribution in [0, 0.1) is 6.92 Å². The summed E-state index contributed by atoms with van der Waals surface area (Å²) in [6.07, 6.45) is -1.34. The van der Waals surface area contributed by atoms with Crippen molar-refractivity contribution in [3.63, 3.8) is 0 Å². The summed E-state index contributed by atoms with van der Waals surface area (Å²) < 4.78 is 4.97. The number of hydrogen-bond acceptors (Lipinski definition) is 5. The lowest BCUT2D eigenvalue weighted by Crippen LogP contribution is -2.46. The lowest BCUT2D eigenvalue weighted by Gasteiger charge is -2.22. The predicted molar refractivity (Wildman–Crippen MR) is 105 cm³/mol. The zero-order valence-corrected chi connectivity index (χ0v) is 16.1. The quantitative estimate of drug-likeness (QED) is 0.513. The summed E-state index contributed by atoms with van der Waals surface area (Å²) in [5, 5.41) is 13.0. The smallest absolute Gasteiger partial charge is 0.331 e. The number of rotatable bonds is 9. The van der Waals surface area contributed by atoms with Crippen molar-refractivity contribution in [2.24, 2.45) is 0 Å². The van der Waals surface area contributed by atoms with Crippen molar-refractivity contribution in [3.8, 4) is 0 Å². The summed E-state index contributed by atoms with van der Waals surface area (Å²) in [6.45, 7) is 3.69. The molecule has 2 rings (SSSR count). The van der Waals surface area contributed by atoms with Crippen LogP contribution in [0.3, 0.4) is 0 Å². The van der Waals surface area contributed by atoms with Gasteiger partial charge in [0.05, 0.1) is 6.61 Å². The maximum Gasteiger partial charge on any atom is 0.331 e. The van der Waals surface area contributed by atoms with E-state index in [-0.39, 0.29) is 25.2 Å². The van der Waals surface area contributed by atoms with Crippen LogP contribution in [0.25, 0.3) is 0 Å². The fraction of sp³-hybridized carbons (Fsp3) is 0.318. The van der Waals surface area contributed by atoms with Crippen LogP contribution in [0.5, 0.6) is 0 Å². The number of nitrogens with one attached hydrogen (secondary N) is 1. The van der Waals surface area contributed by atoms with E-state index in [2.05, 4.69) is 5.32 Å². The van der Waals surface area contributed by atoms with Gasteiger partial charge in [-0.05, 0) is 19.4 Å². The van der Waals surface area contributed by atoms with Gasteiger partial charge in [-0.3, -0.25) is 9.59 Å². The van der Waals surface area contributed by atoms with Gasteiger partial charge in [-0.25, -0.2) is 4.79 Å². The first kappa shape index (κ1) is 21.3. The van der Waals surface area contributed by atoms with Crippen LogP contribution >= 0.6 is 0 Å². The van der Waals surface area contributed by atoms with E-state index in [1.807, 2.05) is 19.1 Å². The number of aliphatic hydroxyl groups is 1. The lowest BCUT2D eigenvalue weighted by molar-refractivity contribution is -0.151. The van der Waals surface area contributed by atoms with Gasteiger partial charge in [0.2, 0.25) is 5.91 Å². The Hall–Kier alpha value is -2.99. The second-order valence-electron chi connectivity index (χ2n) is 6.44. The van der Waals surface area contributed by atoms with E-state index in [9.17, 15) is 19.5 Å². The van der Waals surface area contributed by atoms with E-state index in [0.29, 0.717) is 11.1 Å². The van der Waals surface area contributed by atoms with Gasteiger partial charge in [-0.15, -0.1) is 0 Å². The minimum Gasteiger partial charge on any atom is -0.464 e. The summed E-state index contributed by atoms with van der Waals surface area (Å²) in [7, 11) is 0. The van der Waals surface area contributed by atoms with E-state index < -0.39 is 24.0 Å². The van der Waals surface area contributed by atoms with Crippen LogP contribution in [0.1, 0.15) is 47.4 Å². The molecule has 0 radical (unpaired) electrons. The molecule has 2 aromatic carbocycles. The van der Waals surface area contributed by atoms with Crippen LogP contribution < -0.4 is 5.32 Å². The van der Waals surface area contributed by atoms with E-state index in [4.69, 9.17) is 4.74 Å². The molecule has 0 aliphatic rings. The van der Waals surface area contributed by atoms with Crippen molar-refractivity contribution in [2.45, 2.75) is 38.8 Å². The number of carbonyl (C=O) groups excluding carboxylic acids is 3. The van der Waals surface area contributed by atoms with Crippen molar-refractivity contribution in [3.05, 3.63) is 71.3 Å². The van der Waals surface area contributed by atoms with Gasteiger partial charge in [0.15, 0.2) is 11.8 Å². The SMILES string of the molecule is CCOC(=O)C(NC(=O)CCC(=O)c1ccc(C)cc1)C(O)c1ccccc1. The van der Waals surface area contributed by atoms with Gasteiger partial charge in [0.25, 0.3) is 0 Å². The Morgan fingerprint density at radius 1 is 1.00 bits per heavy atom. The van der Waals surface area contributed by atoms with E-state index in [0.717, 1.165) is 5.56 Å². The molecule has 2 aromatic rings. The fourth-order valence-corrected chi connectivity index (χ4v) is 2.70. The molecule has 28 heavy (non-hydrogen) atoms. The molecule has 0 spiro atoms. The van der Waals surface area contributed by atoms with Crippen LogP contribution in [0.15, 0.2) is 54.6 Å². The standard InChI is InChI=1S/C22H25NO5/c1-3-28-22(27)20(21(26)17-7-5-4-6-8-17)23-19(25)14-13-18(24)16-11-9-15(2)10-12-16/h4-12,20-21,26H,3,13-14H2,1-2H3,(H,23,25). The second kappa shape index (κ2) is 10.4. The van der Waals surface area contributed by atoms with Gasteiger partial charge in [0.1, 0.15) is 6.10 Å². The van der Waals surface area contributed by atoms with Crippen molar-refractivity contribution in [2.75, 3.05) is 6.61 Å². The molecule has 0 aliphatic heterocycles. The van der Waals surface area contributed by atoms with Crippen molar-refractivity contribution < 1.29 is 24.2 Å². The Morgan fingerprint density at radius 3 is 2.25 bits per heavy atom. The molecule has 0 fully saturated rings. The van der Waals surface area contributed by atoms with Crippen LogP contribution in [-0.4, -0.2) is 35.4 Å². The summed E-state index contributed by atoms with van der Waals surface area (Å²) in [5.41, 5.74) is 2.06. The van der Waals surface area contributed by atoms with E-state index in [1.54, 1.807) is 49.4 Å². The third-order valence-corrected chi connectivity index (χ3v) is 4.27. The molecule has 0 saturated heterocycles. The van der Waals surface area contributed by atoms with Crippen LogP contribution in [-0.2, 0) is 14.3 Å². The average molecular weight is 383 g/mol. The number of ether oxygens (including phenoxy) is 1. The number of aryl methyl sites for hydroxylation is 1. The molecule has 1 amide bonds. The number of amides is 1. The largest absolute Gasteiger partial charge is 0.464 e. The highest BCUT2D eigenvalue weighted by Gasteiger charge is 2.31. The Labute approximate surface area is 164 Å². The maximum atomic E-state index is 12.3. The summed E-state index contributed by atoms with van der Waals surface area (Å²) in [5.74, 6) is -1.39. The molecule has 0 heterocycles. The number of aliphatic hydroxyl groups excluding tert-OH is 1. The number of carbonyl (C=O) groups is 3. The van der Waals surface area contributed by atoms with E-state index >= 15 is 0 Å². The molecule has 6 nitrogen and oxygen atoms in total. The molecule has 0 bridgehead atoms. The van der Waals surface area contributed by atoms with Gasteiger partial charge in [0, 0.05) is 18.4 Å². The average Bonchev–Trinajstić information content (AvgIpc) is 2.71. The highest BCUT2D eigenvalue weighted by atomic mass is 16.5. The first-order valence-electron chi connectivity index (χ1n) is 9.21. The lowest BCUT2D eigenvalue weighted by atomic mass is 10.0.